The molecule has 0 aliphatic rings. The number of methoxy groups -OCH3 is 2. The van der Waals surface area contributed by atoms with Crippen molar-refractivity contribution in [1.29, 1.82) is 0 Å². The molecule has 0 saturated heterocycles. The van der Waals surface area contributed by atoms with Gasteiger partial charge in [0.05, 0.1) is 19.1 Å². The number of carbonyl (C=O) groups excluding carboxylic acids is 1. The van der Waals surface area contributed by atoms with Crippen molar-refractivity contribution in [2.24, 2.45) is 0 Å². The topological polar surface area (TPSA) is 47.6 Å². The first-order valence-electron chi connectivity index (χ1n) is 7.19. The summed E-state index contributed by atoms with van der Waals surface area (Å²) in [4.78, 5) is 13.1. The molecule has 1 heterocycles. The number of hydrogen-bond acceptors (Lipinski definition) is 4. The van der Waals surface area contributed by atoms with Crippen LogP contribution in [0.2, 0.25) is 0 Å². The third-order valence-corrected chi connectivity index (χ3v) is 4.70. The van der Waals surface area contributed by atoms with Crippen molar-refractivity contribution in [2.45, 2.75) is 6.54 Å². The molecule has 0 atom stereocenters. The van der Waals surface area contributed by atoms with Gasteiger partial charge in [-0.3, -0.25) is 4.79 Å². The van der Waals surface area contributed by atoms with Crippen molar-refractivity contribution in [3.8, 4) is 11.5 Å². The Morgan fingerprint density at radius 1 is 1.09 bits per heavy atom. The number of amides is 1. The van der Waals surface area contributed by atoms with Crippen molar-refractivity contribution in [1.82, 2.24) is 5.32 Å². The van der Waals surface area contributed by atoms with E-state index in [0.29, 0.717) is 17.2 Å². The molecule has 2 aromatic carbocycles. The molecular formula is C18H17NO3S. The normalized spacial score (nSPS) is 10.5. The van der Waals surface area contributed by atoms with Crippen LogP contribution in [0.15, 0.2) is 48.5 Å². The minimum Gasteiger partial charge on any atom is -0.497 e. The number of ether oxygens (including phenoxy) is 2. The third-order valence-electron chi connectivity index (χ3n) is 3.58. The quantitative estimate of drug-likeness (QED) is 0.774. The summed E-state index contributed by atoms with van der Waals surface area (Å²) in [5.74, 6) is 1.34. The Morgan fingerprint density at radius 2 is 1.91 bits per heavy atom. The van der Waals surface area contributed by atoms with E-state index in [1.807, 2.05) is 42.5 Å². The lowest BCUT2D eigenvalue weighted by Crippen LogP contribution is -2.22. The zero-order valence-corrected chi connectivity index (χ0v) is 13.8. The second-order valence-electron chi connectivity index (χ2n) is 5.01. The predicted molar refractivity (Wildman–Crippen MR) is 92.5 cm³/mol. The fourth-order valence-corrected chi connectivity index (χ4v) is 3.33. The molecule has 0 saturated carbocycles. The molecule has 3 rings (SSSR count). The molecule has 0 radical (unpaired) electrons. The van der Waals surface area contributed by atoms with Gasteiger partial charge in [0, 0.05) is 22.9 Å². The molecule has 0 bridgehead atoms. The van der Waals surface area contributed by atoms with Gasteiger partial charge in [-0.25, -0.2) is 0 Å². The Kier molecular flexibility index (Phi) is 4.48. The Hall–Kier alpha value is -2.53. The van der Waals surface area contributed by atoms with E-state index in [-0.39, 0.29) is 5.91 Å². The largest absolute Gasteiger partial charge is 0.497 e. The fourth-order valence-electron chi connectivity index (χ4n) is 2.35. The van der Waals surface area contributed by atoms with E-state index in [2.05, 4.69) is 5.32 Å². The van der Waals surface area contributed by atoms with E-state index < -0.39 is 0 Å². The number of rotatable bonds is 5. The van der Waals surface area contributed by atoms with Gasteiger partial charge in [-0.2, -0.15) is 0 Å². The minimum atomic E-state index is -0.0796. The maximum Gasteiger partial charge on any atom is 0.261 e. The monoisotopic (exact) mass is 327 g/mol. The molecule has 0 aliphatic carbocycles. The van der Waals surface area contributed by atoms with Gasteiger partial charge in [-0.15, -0.1) is 11.3 Å². The molecule has 0 unspecified atom stereocenters. The van der Waals surface area contributed by atoms with Gasteiger partial charge >= 0.3 is 0 Å². The standard InChI is InChI=1S/C18H17NO3S/c1-21-14-8-7-13(15(10-14)22-2)11-19-18(20)17-9-12-5-3-4-6-16(12)23-17/h3-10H,11H2,1-2H3,(H,19,20). The average molecular weight is 327 g/mol. The summed E-state index contributed by atoms with van der Waals surface area (Å²) in [6.45, 7) is 0.403. The smallest absolute Gasteiger partial charge is 0.261 e. The third kappa shape index (κ3) is 3.29. The lowest BCUT2D eigenvalue weighted by atomic mass is 10.2. The molecule has 0 aliphatic heterocycles. The lowest BCUT2D eigenvalue weighted by Gasteiger charge is -2.11. The molecule has 0 fully saturated rings. The van der Waals surface area contributed by atoms with E-state index >= 15 is 0 Å². The van der Waals surface area contributed by atoms with Crippen LogP contribution in [0.25, 0.3) is 10.1 Å². The summed E-state index contributed by atoms with van der Waals surface area (Å²) in [5, 5.41) is 4.03. The molecule has 3 aromatic rings. The van der Waals surface area contributed by atoms with Gasteiger partial charge in [0.25, 0.3) is 5.91 Å². The van der Waals surface area contributed by atoms with E-state index in [4.69, 9.17) is 9.47 Å². The number of carbonyl (C=O) groups is 1. The number of fused-ring (bicyclic) bond motifs is 1. The van der Waals surface area contributed by atoms with Crippen LogP contribution in [0.1, 0.15) is 15.2 Å². The van der Waals surface area contributed by atoms with Gasteiger partial charge < -0.3 is 14.8 Å². The first kappa shape index (κ1) is 15.4. The number of hydrogen-bond donors (Lipinski definition) is 1. The predicted octanol–water partition coefficient (Wildman–Crippen LogP) is 3.85. The van der Waals surface area contributed by atoms with Crippen molar-refractivity contribution >= 4 is 27.3 Å². The molecule has 1 N–H and O–H groups in total. The molecule has 5 heteroatoms. The maximum atomic E-state index is 12.3. The van der Waals surface area contributed by atoms with Crippen LogP contribution in [-0.4, -0.2) is 20.1 Å². The highest BCUT2D eigenvalue weighted by Gasteiger charge is 2.11. The Labute approximate surface area is 138 Å². The van der Waals surface area contributed by atoms with Gasteiger partial charge in [0.15, 0.2) is 0 Å². The number of thiophene rings is 1. The van der Waals surface area contributed by atoms with Crippen LogP contribution in [0.5, 0.6) is 11.5 Å². The number of benzene rings is 2. The summed E-state index contributed by atoms with van der Waals surface area (Å²) >= 11 is 1.49. The highest BCUT2D eigenvalue weighted by Crippen LogP contribution is 2.26. The fraction of sp³-hybridized carbons (Fsp3) is 0.167. The van der Waals surface area contributed by atoms with Crippen LogP contribution in [0.4, 0.5) is 0 Å². The Bertz CT molecular complexity index is 808. The molecular weight excluding hydrogens is 310 g/mol. The molecule has 118 valence electrons. The van der Waals surface area contributed by atoms with E-state index in [9.17, 15) is 4.79 Å². The summed E-state index contributed by atoms with van der Waals surface area (Å²) < 4.78 is 11.6. The van der Waals surface area contributed by atoms with Crippen LogP contribution in [-0.2, 0) is 6.54 Å². The molecule has 1 amide bonds. The van der Waals surface area contributed by atoms with E-state index in [1.165, 1.54) is 11.3 Å². The highest BCUT2D eigenvalue weighted by atomic mass is 32.1. The van der Waals surface area contributed by atoms with Crippen LogP contribution >= 0.6 is 11.3 Å². The molecule has 1 aromatic heterocycles. The Balaban J connectivity index is 1.73. The van der Waals surface area contributed by atoms with Gasteiger partial charge in [0.1, 0.15) is 11.5 Å². The summed E-state index contributed by atoms with van der Waals surface area (Å²) in [6.07, 6.45) is 0. The van der Waals surface area contributed by atoms with E-state index in [1.54, 1.807) is 20.3 Å². The van der Waals surface area contributed by atoms with Crippen molar-refractivity contribution in [3.63, 3.8) is 0 Å². The van der Waals surface area contributed by atoms with Crippen molar-refractivity contribution in [3.05, 3.63) is 59.0 Å². The average Bonchev–Trinajstić information content (AvgIpc) is 3.03. The van der Waals surface area contributed by atoms with Crippen molar-refractivity contribution in [2.75, 3.05) is 14.2 Å². The maximum absolute atomic E-state index is 12.3. The minimum absolute atomic E-state index is 0.0796. The SMILES string of the molecule is COc1ccc(CNC(=O)c2cc3ccccc3s2)c(OC)c1. The summed E-state index contributed by atoms with van der Waals surface area (Å²) in [6, 6.07) is 15.4. The van der Waals surface area contributed by atoms with Crippen LogP contribution in [0, 0.1) is 0 Å². The van der Waals surface area contributed by atoms with E-state index in [0.717, 1.165) is 21.4 Å². The lowest BCUT2D eigenvalue weighted by molar-refractivity contribution is 0.0955. The zero-order chi connectivity index (χ0) is 16.2. The van der Waals surface area contributed by atoms with Gasteiger partial charge in [-0.1, -0.05) is 18.2 Å². The molecule has 0 spiro atoms. The zero-order valence-electron chi connectivity index (χ0n) is 13.0. The molecule has 4 nitrogen and oxygen atoms in total. The second kappa shape index (κ2) is 6.71. The van der Waals surface area contributed by atoms with Gasteiger partial charge in [0.2, 0.25) is 0 Å². The summed E-state index contributed by atoms with van der Waals surface area (Å²) in [5.41, 5.74) is 0.905. The first-order chi connectivity index (χ1) is 11.2. The second-order valence-corrected chi connectivity index (χ2v) is 6.09. The summed E-state index contributed by atoms with van der Waals surface area (Å²) in [7, 11) is 3.21. The van der Waals surface area contributed by atoms with Crippen molar-refractivity contribution < 1.29 is 14.3 Å². The van der Waals surface area contributed by atoms with Crippen LogP contribution < -0.4 is 14.8 Å². The highest BCUT2D eigenvalue weighted by molar-refractivity contribution is 7.20. The number of nitrogens with one attached hydrogen (secondary N) is 1. The molecule has 23 heavy (non-hydrogen) atoms. The first-order valence-corrected chi connectivity index (χ1v) is 8.00. The van der Waals surface area contributed by atoms with Gasteiger partial charge in [-0.05, 0) is 29.7 Å². The Morgan fingerprint density at radius 3 is 2.65 bits per heavy atom. The van der Waals surface area contributed by atoms with Crippen LogP contribution in [0.3, 0.4) is 0 Å².